The van der Waals surface area contributed by atoms with Crippen molar-refractivity contribution in [3.05, 3.63) is 29.3 Å². The molecule has 1 fully saturated rings. The molecule has 1 saturated carbocycles. The lowest BCUT2D eigenvalue weighted by Gasteiger charge is -2.16. The van der Waals surface area contributed by atoms with Crippen molar-refractivity contribution in [2.45, 2.75) is 32.2 Å². The Morgan fingerprint density at radius 1 is 1.47 bits per heavy atom. The molecule has 5 nitrogen and oxygen atoms in total. The highest BCUT2D eigenvalue weighted by molar-refractivity contribution is 5.95. The third-order valence-electron chi connectivity index (χ3n) is 3.44. The summed E-state index contributed by atoms with van der Waals surface area (Å²) in [6.45, 7) is 1.87. The average molecular weight is 262 g/mol. The van der Waals surface area contributed by atoms with Gasteiger partial charge in [-0.05, 0) is 43.4 Å². The van der Waals surface area contributed by atoms with E-state index in [1.54, 1.807) is 18.2 Å². The zero-order valence-corrected chi connectivity index (χ0v) is 10.8. The van der Waals surface area contributed by atoms with E-state index in [4.69, 9.17) is 10.8 Å². The van der Waals surface area contributed by atoms with Crippen LogP contribution in [0.1, 0.15) is 35.2 Å². The van der Waals surface area contributed by atoms with Crippen molar-refractivity contribution in [2.75, 3.05) is 5.73 Å². The Balaban J connectivity index is 2.05. The number of hydrogen-bond donors (Lipinski definition) is 3. The summed E-state index contributed by atoms with van der Waals surface area (Å²) in [7, 11) is 0. The quantitative estimate of drug-likeness (QED) is 0.702. The number of amides is 1. The zero-order valence-electron chi connectivity index (χ0n) is 10.8. The minimum Gasteiger partial charge on any atom is -0.481 e. The summed E-state index contributed by atoms with van der Waals surface area (Å²) >= 11 is 0. The Bertz CT molecular complexity index is 509. The molecular formula is C14H18N2O3. The first-order chi connectivity index (χ1) is 8.97. The van der Waals surface area contributed by atoms with Crippen molar-refractivity contribution in [3.8, 4) is 0 Å². The molecule has 1 aromatic carbocycles. The molecule has 0 spiro atoms. The van der Waals surface area contributed by atoms with Crippen molar-refractivity contribution in [2.24, 2.45) is 5.92 Å². The van der Waals surface area contributed by atoms with E-state index in [0.29, 0.717) is 17.2 Å². The van der Waals surface area contributed by atoms with Gasteiger partial charge in [0.25, 0.3) is 5.91 Å². The van der Waals surface area contributed by atoms with Gasteiger partial charge in [-0.3, -0.25) is 9.59 Å². The Labute approximate surface area is 111 Å². The summed E-state index contributed by atoms with van der Waals surface area (Å²) in [5.74, 6) is -0.853. The van der Waals surface area contributed by atoms with Crippen molar-refractivity contribution in [1.29, 1.82) is 0 Å². The average Bonchev–Trinajstić information content (AvgIpc) is 3.15. The number of aryl methyl sites for hydroxylation is 1. The molecule has 2 rings (SSSR count). The number of carboxylic acid groups (broad SMARTS) is 1. The summed E-state index contributed by atoms with van der Waals surface area (Å²) in [6.07, 6.45) is 1.93. The van der Waals surface area contributed by atoms with Gasteiger partial charge in [0.15, 0.2) is 0 Å². The lowest BCUT2D eigenvalue weighted by atomic mass is 10.1. The van der Waals surface area contributed by atoms with Crippen LogP contribution < -0.4 is 11.1 Å². The number of rotatable bonds is 5. The monoisotopic (exact) mass is 262 g/mol. The third-order valence-corrected chi connectivity index (χ3v) is 3.44. The molecule has 0 radical (unpaired) electrons. The van der Waals surface area contributed by atoms with Gasteiger partial charge in [-0.15, -0.1) is 0 Å². The van der Waals surface area contributed by atoms with Gasteiger partial charge in [-0.1, -0.05) is 6.07 Å². The van der Waals surface area contributed by atoms with Crippen LogP contribution in [0.15, 0.2) is 18.2 Å². The minimum atomic E-state index is -0.888. The first-order valence-corrected chi connectivity index (χ1v) is 6.36. The molecule has 0 heterocycles. The van der Waals surface area contributed by atoms with Crippen LogP contribution in [0.4, 0.5) is 5.69 Å². The second kappa shape index (κ2) is 5.30. The van der Waals surface area contributed by atoms with Gasteiger partial charge in [0, 0.05) is 17.3 Å². The van der Waals surface area contributed by atoms with Crippen molar-refractivity contribution in [3.63, 3.8) is 0 Å². The molecule has 1 aromatic rings. The molecule has 102 valence electrons. The van der Waals surface area contributed by atoms with E-state index in [-0.39, 0.29) is 18.4 Å². The molecule has 4 N–H and O–H groups in total. The maximum Gasteiger partial charge on any atom is 0.305 e. The maximum atomic E-state index is 12.1. The largest absolute Gasteiger partial charge is 0.481 e. The molecule has 0 saturated heterocycles. The van der Waals surface area contributed by atoms with Crippen LogP contribution in [0.25, 0.3) is 0 Å². The first kappa shape index (κ1) is 13.4. The number of carbonyl (C=O) groups is 2. The number of nitrogen functional groups attached to an aromatic ring is 1. The van der Waals surface area contributed by atoms with E-state index in [2.05, 4.69) is 5.32 Å². The molecule has 0 bridgehead atoms. The van der Waals surface area contributed by atoms with Gasteiger partial charge in [-0.2, -0.15) is 0 Å². The number of aliphatic carboxylic acids is 1. The highest BCUT2D eigenvalue weighted by atomic mass is 16.4. The second-order valence-corrected chi connectivity index (χ2v) is 5.09. The van der Waals surface area contributed by atoms with Crippen molar-refractivity contribution in [1.82, 2.24) is 5.32 Å². The number of nitrogens with one attached hydrogen (secondary N) is 1. The molecule has 0 aromatic heterocycles. The Morgan fingerprint density at radius 2 is 2.16 bits per heavy atom. The van der Waals surface area contributed by atoms with Crippen LogP contribution in [-0.2, 0) is 4.79 Å². The smallest absolute Gasteiger partial charge is 0.305 e. The van der Waals surface area contributed by atoms with Gasteiger partial charge >= 0.3 is 5.97 Å². The van der Waals surface area contributed by atoms with E-state index < -0.39 is 5.97 Å². The number of benzene rings is 1. The van der Waals surface area contributed by atoms with Gasteiger partial charge in [-0.25, -0.2) is 0 Å². The normalized spacial score (nSPS) is 15.8. The van der Waals surface area contributed by atoms with E-state index >= 15 is 0 Å². The summed E-state index contributed by atoms with van der Waals surface area (Å²) in [4.78, 5) is 22.9. The Hall–Kier alpha value is -2.04. The van der Waals surface area contributed by atoms with E-state index in [1.807, 2.05) is 6.92 Å². The Kier molecular flexibility index (Phi) is 3.74. The predicted molar refractivity (Wildman–Crippen MR) is 71.8 cm³/mol. The molecular weight excluding hydrogens is 244 g/mol. The maximum absolute atomic E-state index is 12.1. The standard InChI is InChI=1S/C14H18N2O3/c1-8-2-3-10(6-11(8)15)14(19)16-12(7-13(17)18)9-4-5-9/h2-3,6,9,12H,4-5,7,15H2,1H3,(H,16,19)(H,17,18). The predicted octanol–water partition coefficient (Wildman–Crippen LogP) is 1.56. The highest BCUT2D eigenvalue weighted by Crippen LogP contribution is 2.34. The third kappa shape index (κ3) is 3.47. The number of carboxylic acids is 1. The SMILES string of the molecule is Cc1ccc(C(=O)NC(CC(=O)O)C2CC2)cc1N. The van der Waals surface area contributed by atoms with E-state index in [9.17, 15) is 9.59 Å². The lowest BCUT2D eigenvalue weighted by Crippen LogP contribution is -2.38. The summed E-state index contributed by atoms with van der Waals surface area (Å²) < 4.78 is 0. The van der Waals surface area contributed by atoms with Crippen LogP contribution in [-0.4, -0.2) is 23.0 Å². The van der Waals surface area contributed by atoms with Gasteiger partial charge in [0.1, 0.15) is 0 Å². The fourth-order valence-electron chi connectivity index (χ4n) is 2.06. The van der Waals surface area contributed by atoms with Crippen LogP contribution in [0.3, 0.4) is 0 Å². The van der Waals surface area contributed by atoms with Gasteiger partial charge in [0.05, 0.1) is 6.42 Å². The lowest BCUT2D eigenvalue weighted by molar-refractivity contribution is -0.137. The van der Waals surface area contributed by atoms with Gasteiger partial charge < -0.3 is 16.2 Å². The van der Waals surface area contributed by atoms with Crippen molar-refractivity contribution >= 4 is 17.6 Å². The summed E-state index contributed by atoms with van der Waals surface area (Å²) in [5.41, 5.74) is 7.72. The fourth-order valence-corrected chi connectivity index (χ4v) is 2.06. The fraction of sp³-hybridized carbons (Fsp3) is 0.429. The molecule has 1 aliphatic rings. The Morgan fingerprint density at radius 3 is 2.68 bits per heavy atom. The van der Waals surface area contributed by atoms with E-state index in [0.717, 1.165) is 18.4 Å². The molecule has 5 heteroatoms. The number of nitrogens with two attached hydrogens (primary N) is 1. The molecule has 19 heavy (non-hydrogen) atoms. The first-order valence-electron chi connectivity index (χ1n) is 6.36. The molecule has 1 unspecified atom stereocenters. The minimum absolute atomic E-state index is 0.0300. The highest BCUT2D eigenvalue weighted by Gasteiger charge is 2.33. The number of carbonyl (C=O) groups excluding carboxylic acids is 1. The second-order valence-electron chi connectivity index (χ2n) is 5.09. The molecule has 0 aliphatic heterocycles. The van der Waals surface area contributed by atoms with Crippen LogP contribution >= 0.6 is 0 Å². The van der Waals surface area contributed by atoms with Crippen LogP contribution in [0, 0.1) is 12.8 Å². The van der Waals surface area contributed by atoms with Crippen LogP contribution in [0.2, 0.25) is 0 Å². The molecule has 1 amide bonds. The van der Waals surface area contributed by atoms with Crippen LogP contribution in [0.5, 0.6) is 0 Å². The van der Waals surface area contributed by atoms with Gasteiger partial charge in [0.2, 0.25) is 0 Å². The van der Waals surface area contributed by atoms with E-state index in [1.165, 1.54) is 0 Å². The summed E-state index contributed by atoms with van der Waals surface area (Å²) in [6, 6.07) is 4.82. The molecule has 1 atom stereocenters. The topological polar surface area (TPSA) is 92.4 Å². The summed E-state index contributed by atoms with van der Waals surface area (Å²) in [5, 5.41) is 11.7. The molecule has 1 aliphatic carbocycles. The zero-order chi connectivity index (χ0) is 14.0. The number of anilines is 1. The number of hydrogen-bond acceptors (Lipinski definition) is 3. The van der Waals surface area contributed by atoms with Crippen molar-refractivity contribution < 1.29 is 14.7 Å².